The van der Waals surface area contributed by atoms with E-state index < -0.39 is 0 Å². The summed E-state index contributed by atoms with van der Waals surface area (Å²) in [5.74, 6) is -0.394. The van der Waals surface area contributed by atoms with Crippen molar-refractivity contribution in [3.8, 4) is 0 Å². The summed E-state index contributed by atoms with van der Waals surface area (Å²) < 4.78 is 10.3. The molecule has 4 rings (SSSR count). The van der Waals surface area contributed by atoms with Crippen molar-refractivity contribution in [2.75, 3.05) is 13.2 Å². The molecular weight excluding hydrogens is 488 g/mol. The van der Waals surface area contributed by atoms with E-state index in [-0.39, 0.29) is 24.3 Å². The summed E-state index contributed by atoms with van der Waals surface area (Å²) in [6.07, 6.45) is 5.43. The number of halogens is 1. The first-order chi connectivity index (χ1) is 17.7. The zero-order valence-corrected chi connectivity index (χ0v) is 21.4. The van der Waals surface area contributed by atoms with Gasteiger partial charge >= 0.3 is 11.9 Å². The molecule has 7 heteroatoms. The number of hydrogen-bond acceptors (Lipinski definition) is 6. The highest BCUT2D eigenvalue weighted by molar-refractivity contribution is 5.85. The number of carbonyl (C=O) groups excluding carboxylic acids is 2. The number of rotatable bonds is 10. The Bertz CT molecular complexity index is 1070. The quantitative estimate of drug-likeness (QED) is 0.267. The molecule has 0 aliphatic heterocycles. The number of benzene rings is 2. The lowest BCUT2D eigenvalue weighted by Gasteiger charge is -2.04. The van der Waals surface area contributed by atoms with E-state index in [4.69, 9.17) is 9.47 Å². The van der Waals surface area contributed by atoms with Crippen molar-refractivity contribution in [2.45, 2.75) is 25.7 Å². The summed E-state index contributed by atoms with van der Waals surface area (Å²) in [5, 5.41) is 0. The minimum absolute atomic E-state index is 0. The van der Waals surface area contributed by atoms with Gasteiger partial charge in [-0.3, -0.25) is 19.6 Å². The van der Waals surface area contributed by atoms with Crippen LogP contribution in [0.3, 0.4) is 0 Å². The smallest absolute Gasteiger partial charge is 0.310 e. The van der Waals surface area contributed by atoms with E-state index in [1.807, 2.05) is 97.1 Å². The number of aromatic nitrogens is 2. The Labute approximate surface area is 224 Å². The first-order valence-corrected chi connectivity index (χ1v) is 11.9. The molecule has 0 fully saturated rings. The van der Waals surface area contributed by atoms with Gasteiger partial charge in [0, 0.05) is 36.6 Å². The molecule has 0 amide bonds. The third-order valence-corrected chi connectivity index (χ3v) is 5.08. The van der Waals surface area contributed by atoms with Crippen LogP contribution in [0.4, 0.5) is 0 Å². The molecule has 192 valence electrons. The van der Waals surface area contributed by atoms with Crippen LogP contribution >= 0.6 is 12.4 Å². The fourth-order valence-electron chi connectivity index (χ4n) is 3.26. The van der Waals surface area contributed by atoms with Gasteiger partial charge < -0.3 is 9.47 Å². The molecule has 0 spiro atoms. The fourth-order valence-corrected chi connectivity index (χ4v) is 3.26. The summed E-state index contributed by atoms with van der Waals surface area (Å²) >= 11 is 0. The van der Waals surface area contributed by atoms with E-state index in [0.717, 1.165) is 22.5 Å². The summed E-state index contributed by atoms with van der Waals surface area (Å²) in [6, 6.07) is 30.6. The van der Waals surface area contributed by atoms with Gasteiger partial charge in [-0.2, -0.15) is 0 Å². The summed E-state index contributed by atoms with van der Waals surface area (Å²) in [6.45, 7) is 0.755. The number of nitrogens with zero attached hydrogens (tertiary/aromatic N) is 2. The van der Waals surface area contributed by atoms with Gasteiger partial charge in [-0.1, -0.05) is 72.8 Å². The van der Waals surface area contributed by atoms with Gasteiger partial charge in [-0.25, -0.2) is 0 Å². The molecule has 0 bridgehead atoms. The lowest BCUT2D eigenvalue weighted by molar-refractivity contribution is -0.143. The zero-order valence-electron chi connectivity index (χ0n) is 20.6. The molecule has 0 saturated carbocycles. The highest BCUT2D eigenvalue weighted by atomic mass is 35.5. The largest absolute Gasteiger partial charge is 0.465 e. The van der Waals surface area contributed by atoms with E-state index >= 15 is 0 Å². The highest BCUT2D eigenvalue weighted by Gasteiger charge is 2.05. The first kappa shape index (κ1) is 29.2. The molecule has 0 N–H and O–H groups in total. The summed E-state index contributed by atoms with van der Waals surface area (Å²) in [4.78, 5) is 31.5. The van der Waals surface area contributed by atoms with Crippen molar-refractivity contribution in [1.29, 1.82) is 0 Å². The SMILES string of the molecule is Cl.O=C(Cc1ccccc1)OCCc1ccccn1.O=C(Cc1ccccc1)OCCc1ccccn1. The van der Waals surface area contributed by atoms with E-state index in [9.17, 15) is 9.59 Å². The average molecular weight is 519 g/mol. The van der Waals surface area contributed by atoms with Crippen molar-refractivity contribution in [3.05, 3.63) is 132 Å². The number of ether oxygens (including phenoxy) is 2. The van der Waals surface area contributed by atoms with Gasteiger partial charge in [0.15, 0.2) is 0 Å². The molecule has 6 nitrogen and oxygen atoms in total. The van der Waals surface area contributed by atoms with Crippen molar-refractivity contribution < 1.29 is 19.1 Å². The van der Waals surface area contributed by atoms with Crippen LogP contribution < -0.4 is 0 Å². The molecule has 37 heavy (non-hydrogen) atoms. The standard InChI is InChI=1S/2C15H15NO2.ClH/c2*17-15(12-13-6-2-1-3-7-13)18-11-9-14-8-4-5-10-16-14;/h2*1-8,10H,9,11-12H2;1H. The van der Waals surface area contributed by atoms with Crippen molar-refractivity contribution >= 4 is 24.3 Å². The Balaban J connectivity index is 0.000000253. The molecule has 0 aliphatic carbocycles. The van der Waals surface area contributed by atoms with Crippen LogP contribution in [-0.2, 0) is 44.7 Å². The van der Waals surface area contributed by atoms with Crippen LogP contribution in [0.25, 0.3) is 0 Å². The van der Waals surface area contributed by atoms with Crippen LogP contribution in [0.5, 0.6) is 0 Å². The normalized spacial score (nSPS) is 9.73. The van der Waals surface area contributed by atoms with Gasteiger partial charge in [-0.15, -0.1) is 12.4 Å². The van der Waals surface area contributed by atoms with Crippen LogP contribution in [0.1, 0.15) is 22.5 Å². The summed E-state index contributed by atoms with van der Waals surface area (Å²) in [7, 11) is 0. The molecule has 2 aromatic heterocycles. The molecule has 0 radical (unpaired) electrons. The third-order valence-electron chi connectivity index (χ3n) is 5.08. The predicted octanol–water partition coefficient (Wildman–Crippen LogP) is 5.24. The van der Waals surface area contributed by atoms with Crippen molar-refractivity contribution in [1.82, 2.24) is 9.97 Å². The van der Waals surface area contributed by atoms with Gasteiger partial charge in [0.1, 0.15) is 0 Å². The molecule has 0 aliphatic rings. The maximum Gasteiger partial charge on any atom is 0.310 e. The van der Waals surface area contributed by atoms with E-state index in [1.165, 1.54) is 0 Å². The van der Waals surface area contributed by atoms with E-state index in [1.54, 1.807) is 12.4 Å². The lowest BCUT2D eigenvalue weighted by atomic mass is 10.2. The predicted molar refractivity (Wildman–Crippen MR) is 145 cm³/mol. The molecule has 2 aromatic carbocycles. The molecule has 0 unspecified atom stereocenters. The molecule has 4 aromatic rings. The number of pyridine rings is 2. The number of esters is 2. The van der Waals surface area contributed by atoms with Crippen LogP contribution in [0.15, 0.2) is 109 Å². The second-order valence-electron chi connectivity index (χ2n) is 7.91. The van der Waals surface area contributed by atoms with Gasteiger partial charge in [-0.05, 0) is 35.4 Å². The monoisotopic (exact) mass is 518 g/mol. The Kier molecular flexibility index (Phi) is 13.7. The second-order valence-corrected chi connectivity index (χ2v) is 7.91. The Morgan fingerprint density at radius 3 is 1.27 bits per heavy atom. The van der Waals surface area contributed by atoms with Crippen molar-refractivity contribution in [2.24, 2.45) is 0 Å². The maximum atomic E-state index is 11.6. The molecule has 2 heterocycles. The second kappa shape index (κ2) is 17.4. The topological polar surface area (TPSA) is 78.4 Å². The molecule has 0 saturated heterocycles. The van der Waals surface area contributed by atoms with E-state index in [0.29, 0.717) is 38.9 Å². The minimum Gasteiger partial charge on any atom is -0.465 e. The van der Waals surface area contributed by atoms with Gasteiger partial charge in [0.2, 0.25) is 0 Å². The third kappa shape index (κ3) is 12.5. The zero-order chi connectivity index (χ0) is 25.3. The Morgan fingerprint density at radius 1 is 0.541 bits per heavy atom. The fraction of sp³-hybridized carbons (Fsp3) is 0.200. The highest BCUT2D eigenvalue weighted by Crippen LogP contribution is 2.03. The number of hydrogen-bond donors (Lipinski definition) is 0. The Morgan fingerprint density at radius 2 is 0.919 bits per heavy atom. The van der Waals surface area contributed by atoms with Crippen LogP contribution in [0.2, 0.25) is 0 Å². The summed E-state index contributed by atoms with van der Waals surface area (Å²) in [5.41, 5.74) is 3.82. The van der Waals surface area contributed by atoms with Crippen molar-refractivity contribution in [3.63, 3.8) is 0 Å². The first-order valence-electron chi connectivity index (χ1n) is 11.9. The minimum atomic E-state index is -0.197. The van der Waals surface area contributed by atoms with Crippen LogP contribution in [0, 0.1) is 0 Å². The molecule has 0 atom stereocenters. The molecular formula is C30H31ClN2O4. The van der Waals surface area contributed by atoms with E-state index in [2.05, 4.69) is 9.97 Å². The lowest BCUT2D eigenvalue weighted by Crippen LogP contribution is -2.10. The average Bonchev–Trinajstić information content (AvgIpc) is 2.91. The van der Waals surface area contributed by atoms with Gasteiger partial charge in [0.05, 0.1) is 26.1 Å². The van der Waals surface area contributed by atoms with Crippen LogP contribution in [-0.4, -0.2) is 35.1 Å². The van der Waals surface area contributed by atoms with Gasteiger partial charge in [0.25, 0.3) is 0 Å². The maximum absolute atomic E-state index is 11.6. The number of carbonyl (C=O) groups is 2. The Hall–Kier alpha value is -4.03.